The van der Waals surface area contributed by atoms with Gasteiger partial charge in [0.25, 0.3) is 5.56 Å². The van der Waals surface area contributed by atoms with Gasteiger partial charge in [0.05, 0.1) is 28.0 Å². The molecule has 4 aromatic rings. The third kappa shape index (κ3) is 5.01. The van der Waals surface area contributed by atoms with E-state index >= 15 is 0 Å². The Kier molecular flexibility index (Phi) is 6.36. The summed E-state index contributed by atoms with van der Waals surface area (Å²) >= 11 is 0. The zero-order valence-electron chi connectivity index (χ0n) is 20.9. The van der Waals surface area contributed by atoms with Gasteiger partial charge < -0.3 is 11.1 Å². The van der Waals surface area contributed by atoms with E-state index in [1.54, 1.807) is 35.0 Å². The lowest BCUT2D eigenvalue weighted by Crippen LogP contribution is -2.26. The van der Waals surface area contributed by atoms with Gasteiger partial charge >= 0.3 is 0 Å². The molecule has 1 saturated carbocycles. The zero-order chi connectivity index (χ0) is 26.3. The smallest absolute Gasteiger partial charge is 0.294 e. The number of benzene rings is 1. The summed E-state index contributed by atoms with van der Waals surface area (Å²) in [5.41, 5.74) is 9.66. The van der Waals surface area contributed by atoms with Crippen molar-refractivity contribution in [2.24, 2.45) is 0 Å². The van der Waals surface area contributed by atoms with Gasteiger partial charge in [-0.05, 0) is 43.9 Å². The topological polar surface area (TPSA) is 159 Å². The van der Waals surface area contributed by atoms with Crippen molar-refractivity contribution in [2.45, 2.75) is 57.0 Å². The lowest BCUT2D eigenvalue weighted by Gasteiger charge is -2.14. The lowest BCUT2D eigenvalue weighted by molar-refractivity contribution is 0.602. The van der Waals surface area contributed by atoms with E-state index in [2.05, 4.69) is 25.3 Å². The van der Waals surface area contributed by atoms with Crippen LogP contribution in [0, 0.1) is 6.92 Å². The van der Waals surface area contributed by atoms with Crippen molar-refractivity contribution in [1.82, 2.24) is 29.5 Å². The SMILES string of the molecule is CCCn1c(=O)c(NCc2ccc(S(C)(=O)=O)cc2)nc2cnc(-c3c(C)nc(N)nc3C3CC3)nc21. The number of aromatic nitrogens is 6. The highest BCUT2D eigenvalue weighted by molar-refractivity contribution is 7.90. The first kappa shape index (κ1) is 24.8. The van der Waals surface area contributed by atoms with Gasteiger partial charge in [0.2, 0.25) is 5.95 Å². The summed E-state index contributed by atoms with van der Waals surface area (Å²) in [5, 5.41) is 3.09. The molecule has 1 aromatic carbocycles. The van der Waals surface area contributed by atoms with Gasteiger partial charge in [-0.25, -0.2) is 33.3 Å². The van der Waals surface area contributed by atoms with Crippen LogP contribution >= 0.6 is 0 Å². The van der Waals surface area contributed by atoms with E-state index in [0.29, 0.717) is 41.7 Å². The third-order valence-corrected chi connectivity index (χ3v) is 7.40. The van der Waals surface area contributed by atoms with E-state index in [0.717, 1.165) is 42.3 Å². The number of rotatable bonds is 8. The van der Waals surface area contributed by atoms with Crippen LogP contribution in [0.4, 0.5) is 11.8 Å². The van der Waals surface area contributed by atoms with Crippen LogP contribution in [-0.4, -0.2) is 44.2 Å². The fraction of sp³-hybridized carbons (Fsp3) is 0.360. The molecule has 1 fully saturated rings. The molecule has 0 radical (unpaired) electrons. The van der Waals surface area contributed by atoms with Gasteiger partial charge in [-0.1, -0.05) is 19.1 Å². The normalized spacial score (nSPS) is 13.7. The minimum atomic E-state index is -3.28. The predicted octanol–water partition coefficient (Wildman–Crippen LogP) is 2.84. The maximum atomic E-state index is 13.4. The summed E-state index contributed by atoms with van der Waals surface area (Å²) in [6, 6.07) is 6.51. The minimum absolute atomic E-state index is 0.176. The number of nitrogens with zero attached hydrogens (tertiary/aromatic N) is 6. The molecule has 3 heterocycles. The average Bonchev–Trinajstić information content (AvgIpc) is 3.69. The van der Waals surface area contributed by atoms with Crippen LogP contribution < -0.4 is 16.6 Å². The van der Waals surface area contributed by atoms with Crippen LogP contribution in [-0.2, 0) is 22.9 Å². The summed E-state index contributed by atoms with van der Waals surface area (Å²) in [7, 11) is -3.28. The Morgan fingerprint density at radius 3 is 2.49 bits per heavy atom. The molecule has 1 aliphatic rings. The Morgan fingerprint density at radius 2 is 1.84 bits per heavy atom. The zero-order valence-corrected chi connectivity index (χ0v) is 21.7. The summed E-state index contributed by atoms with van der Waals surface area (Å²) in [5.74, 6) is 1.17. The first-order valence-corrected chi connectivity index (χ1v) is 14.0. The molecule has 12 heteroatoms. The molecule has 11 nitrogen and oxygen atoms in total. The highest BCUT2D eigenvalue weighted by atomic mass is 32.2. The van der Waals surface area contributed by atoms with Gasteiger partial charge in [0.1, 0.15) is 5.52 Å². The van der Waals surface area contributed by atoms with Gasteiger partial charge in [-0.15, -0.1) is 0 Å². The molecule has 192 valence electrons. The molecule has 0 aliphatic heterocycles. The number of nitrogens with one attached hydrogen (secondary N) is 1. The molecule has 5 rings (SSSR count). The minimum Gasteiger partial charge on any atom is -0.368 e. The van der Waals surface area contributed by atoms with Crippen LogP contribution in [0.5, 0.6) is 0 Å². The number of hydrogen-bond acceptors (Lipinski definition) is 10. The van der Waals surface area contributed by atoms with Crippen LogP contribution in [0.1, 0.15) is 49.1 Å². The Bertz CT molecular complexity index is 1660. The number of sulfone groups is 1. The third-order valence-electron chi connectivity index (χ3n) is 6.27. The van der Waals surface area contributed by atoms with E-state index in [1.807, 2.05) is 13.8 Å². The number of nitrogen functional groups attached to an aromatic ring is 1. The highest BCUT2D eigenvalue weighted by Crippen LogP contribution is 2.43. The quantitative estimate of drug-likeness (QED) is 0.354. The monoisotopic (exact) mass is 520 g/mol. The second kappa shape index (κ2) is 9.51. The molecule has 0 unspecified atom stereocenters. The second-order valence-corrected chi connectivity index (χ2v) is 11.3. The number of fused-ring (bicyclic) bond motifs is 1. The van der Waals surface area contributed by atoms with Crippen LogP contribution in [0.25, 0.3) is 22.6 Å². The lowest BCUT2D eigenvalue weighted by atomic mass is 10.1. The largest absolute Gasteiger partial charge is 0.368 e. The standard InChI is InChI=1S/C25H28N8O3S/c1-4-11-33-23-18(13-28-21(32-23)19-14(2)29-25(26)31-20(19)16-7-8-16)30-22(24(33)34)27-12-15-5-9-17(10-6-15)37(3,35)36/h5-6,9-10,13,16H,4,7-8,11-12H2,1-3H3,(H,27,30)(H2,26,29,31). The van der Waals surface area contributed by atoms with Crippen molar-refractivity contribution in [3.8, 4) is 11.4 Å². The molecule has 3 aromatic heterocycles. The molecule has 0 atom stereocenters. The van der Waals surface area contributed by atoms with E-state index < -0.39 is 9.84 Å². The number of hydrogen-bond donors (Lipinski definition) is 2. The Balaban J connectivity index is 1.52. The molecule has 37 heavy (non-hydrogen) atoms. The van der Waals surface area contributed by atoms with E-state index in [4.69, 9.17) is 10.7 Å². The molecule has 0 bridgehead atoms. The Hall–Kier alpha value is -3.93. The summed E-state index contributed by atoms with van der Waals surface area (Å²) in [6.45, 7) is 4.61. The molecule has 1 aliphatic carbocycles. The summed E-state index contributed by atoms with van der Waals surface area (Å²) in [4.78, 5) is 36.3. The number of aryl methyl sites for hydroxylation is 2. The summed E-state index contributed by atoms with van der Waals surface area (Å²) in [6.07, 6.45) is 5.57. The van der Waals surface area contributed by atoms with Crippen molar-refractivity contribution in [1.29, 1.82) is 0 Å². The van der Waals surface area contributed by atoms with Crippen LogP contribution in [0.3, 0.4) is 0 Å². The Morgan fingerprint density at radius 1 is 1.11 bits per heavy atom. The van der Waals surface area contributed by atoms with Crippen molar-refractivity contribution >= 4 is 32.8 Å². The maximum absolute atomic E-state index is 13.4. The van der Waals surface area contributed by atoms with E-state index in [9.17, 15) is 13.2 Å². The number of anilines is 2. The first-order valence-electron chi connectivity index (χ1n) is 12.1. The molecule has 0 amide bonds. The molecular formula is C25H28N8O3S. The van der Waals surface area contributed by atoms with Gasteiger partial charge in [-0.3, -0.25) is 9.36 Å². The maximum Gasteiger partial charge on any atom is 0.294 e. The van der Waals surface area contributed by atoms with E-state index in [1.165, 1.54) is 0 Å². The van der Waals surface area contributed by atoms with Crippen molar-refractivity contribution in [3.05, 3.63) is 57.8 Å². The fourth-order valence-electron chi connectivity index (χ4n) is 4.29. The highest BCUT2D eigenvalue weighted by Gasteiger charge is 2.31. The van der Waals surface area contributed by atoms with Crippen molar-refractivity contribution < 1.29 is 8.42 Å². The Labute approximate surface area is 214 Å². The predicted molar refractivity (Wildman–Crippen MR) is 141 cm³/mol. The fourth-order valence-corrected chi connectivity index (χ4v) is 4.92. The van der Waals surface area contributed by atoms with Crippen molar-refractivity contribution in [2.75, 3.05) is 17.3 Å². The number of nitrogens with two attached hydrogens (primary N) is 1. The van der Waals surface area contributed by atoms with Gasteiger partial charge in [-0.2, -0.15) is 0 Å². The molecule has 0 saturated heterocycles. The van der Waals surface area contributed by atoms with Gasteiger partial charge in [0.15, 0.2) is 27.1 Å². The summed E-state index contributed by atoms with van der Waals surface area (Å²) < 4.78 is 25.0. The first-order chi connectivity index (χ1) is 17.7. The van der Waals surface area contributed by atoms with Crippen molar-refractivity contribution in [3.63, 3.8) is 0 Å². The van der Waals surface area contributed by atoms with Crippen LogP contribution in [0.2, 0.25) is 0 Å². The van der Waals surface area contributed by atoms with Gasteiger partial charge in [0, 0.05) is 25.3 Å². The molecular weight excluding hydrogens is 492 g/mol. The van der Waals surface area contributed by atoms with E-state index in [-0.39, 0.29) is 22.2 Å². The average molecular weight is 521 g/mol. The molecule has 3 N–H and O–H groups in total. The molecule has 0 spiro atoms. The second-order valence-electron chi connectivity index (χ2n) is 9.29. The van der Waals surface area contributed by atoms with Crippen LogP contribution in [0.15, 0.2) is 40.2 Å².